The van der Waals surface area contributed by atoms with Gasteiger partial charge in [0.2, 0.25) is 5.91 Å². The fourth-order valence-corrected chi connectivity index (χ4v) is 4.35. The second-order valence-corrected chi connectivity index (χ2v) is 8.03. The van der Waals surface area contributed by atoms with Gasteiger partial charge in [0, 0.05) is 26.1 Å². The quantitative estimate of drug-likeness (QED) is 0.736. The molecule has 2 aromatic rings. The molecule has 0 aliphatic carbocycles. The number of tetrazole rings is 1. The van der Waals surface area contributed by atoms with Gasteiger partial charge in [-0.15, -0.1) is 5.10 Å². The van der Waals surface area contributed by atoms with Crippen molar-refractivity contribution < 1.29 is 4.79 Å². The van der Waals surface area contributed by atoms with Crippen molar-refractivity contribution in [2.75, 3.05) is 32.7 Å². The van der Waals surface area contributed by atoms with Crippen LogP contribution in [0.15, 0.2) is 42.7 Å². The lowest BCUT2D eigenvalue weighted by molar-refractivity contribution is -0.127. The third-order valence-corrected chi connectivity index (χ3v) is 6.01. The van der Waals surface area contributed by atoms with E-state index in [2.05, 4.69) is 44.7 Å². The van der Waals surface area contributed by atoms with Gasteiger partial charge in [0.25, 0.3) is 0 Å². The second-order valence-electron chi connectivity index (χ2n) is 8.03. The maximum Gasteiger partial charge on any atom is 0.223 e. The summed E-state index contributed by atoms with van der Waals surface area (Å²) < 4.78 is 1.78. The Morgan fingerprint density at radius 3 is 2.68 bits per heavy atom. The summed E-state index contributed by atoms with van der Waals surface area (Å²) in [5, 5.41) is 11.2. The molecular formula is C21H28N6O. The molecule has 0 unspecified atom stereocenters. The highest BCUT2D eigenvalue weighted by Gasteiger charge is 2.44. The Morgan fingerprint density at radius 2 is 1.93 bits per heavy atom. The zero-order valence-electron chi connectivity index (χ0n) is 16.3. The van der Waals surface area contributed by atoms with Crippen molar-refractivity contribution >= 4 is 12.0 Å². The first kappa shape index (κ1) is 18.8. The largest absolute Gasteiger partial charge is 0.338 e. The standard InChI is InChI=1S/C21H28N6O/c28-20-16-21(17-26(20)12-4-8-19-6-2-1-3-7-19)9-14-25(15-10-21)11-5-13-27-18-22-23-24-27/h1-4,6-8,18H,5,9-17H2/b8-4+. The van der Waals surface area contributed by atoms with E-state index >= 15 is 0 Å². The molecule has 4 rings (SSSR count). The summed E-state index contributed by atoms with van der Waals surface area (Å²) in [7, 11) is 0. The smallest absolute Gasteiger partial charge is 0.223 e. The topological polar surface area (TPSA) is 67.2 Å². The number of hydrogen-bond donors (Lipinski definition) is 0. The minimum atomic E-state index is 0.185. The van der Waals surface area contributed by atoms with Gasteiger partial charge in [-0.05, 0) is 60.3 Å². The van der Waals surface area contributed by atoms with Gasteiger partial charge in [-0.3, -0.25) is 4.79 Å². The summed E-state index contributed by atoms with van der Waals surface area (Å²) in [4.78, 5) is 17.1. The zero-order chi connectivity index (χ0) is 19.2. The normalized spacial score (nSPS) is 19.9. The van der Waals surface area contributed by atoms with E-state index < -0.39 is 0 Å². The van der Waals surface area contributed by atoms with E-state index in [1.54, 1.807) is 11.0 Å². The summed E-state index contributed by atoms with van der Waals surface area (Å²) in [5.74, 6) is 0.310. The van der Waals surface area contributed by atoms with Crippen LogP contribution in [0.5, 0.6) is 0 Å². The van der Waals surface area contributed by atoms with Crippen LogP contribution in [0.2, 0.25) is 0 Å². The highest BCUT2D eigenvalue weighted by molar-refractivity contribution is 5.79. The number of benzene rings is 1. The van der Waals surface area contributed by atoms with Gasteiger partial charge in [-0.1, -0.05) is 42.5 Å². The summed E-state index contributed by atoms with van der Waals surface area (Å²) in [6, 6.07) is 10.2. The number of aromatic nitrogens is 4. The molecule has 0 bridgehead atoms. The lowest BCUT2D eigenvalue weighted by atomic mass is 9.77. The molecule has 2 aliphatic rings. The van der Waals surface area contributed by atoms with Crippen molar-refractivity contribution in [1.29, 1.82) is 0 Å². The predicted molar refractivity (Wildman–Crippen MR) is 107 cm³/mol. The van der Waals surface area contributed by atoms with Gasteiger partial charge < -0.3 is 9.80 Å². The van der Waals surface area contributed by atoms with Crippen LogP contribution in [0.1, 0.15) is 31.2 Å². The fraction of sp³-hybridized carbons (Fsp3) is 0.524. The monoisotopic (exact) mass is 380 g/mol. The van der Waals surface area contributed by atoms with Crippen molar-refractivity contribution in [3.05, 3.63) is 48.3 Å². The van der Waals surface area contributed by atoms with E-state index in [9.17, 15) is 4.79 Å². The van der Waals surface area contributed by atoms with E-state index in [0.29, 0.717) is 18.9 Å². The van der Waals surface area contributed by atoms with Crippen molar-refractivity contribution in [2.24, 2.45) is 5.41 Å². The number of piperidine rings is 1. The molecule has 2 fully saturated rings. The molecular weight excluding hydrogens is 352 g/mol. The highest BCUT2D eigenvalue weighted by Crippen LogP contribution is 2.40. The SMILES string of the molecule is O=C1CC2(CCN(CCCn3cnnn3)CC2)CN1C/C=C/c1ccccc1. The first-order chi connectivity index (χ1) is 13.7. The molecule has 148 valence electrons. The number of amides is 1. The molecule has 2 aliphatic heterocycles. The van der Waals surface area contributed by atoms with Crippen LogP contribution in [0.25, 0.3) is 6.08 Å². The molecule has 1 aromatic carbocycles. The lowest BCUT2D eigenvalue weighted by Gasteiger charge is -2.38. The van der Waals surface area contributed by atoms with Crippen molar-refractivity contribution in [1.82, 2.24) is 30.0 Å². The maximum atomic E-state index is 12.5. The molecule has 0 atom stereocenters. The second kappa shape index (κ2) is 8.65. The Hall–Kier alpha value is -2.54. The third-order valence-electron chi connectivity index (χ3n) is 6.01. The van der Waals surface area contributed by atoms with Gasteiger partial charge >= 0.3 is 0 Å². The molecule has 1 amide bonds. The number of aryl methyl sites for hydroxylation is 1. The van der Waals surface area contributed by atoms with Crippen LogP contribution in [0, 0.1) is 5.41 Å². The van der Waals surface area contributed by atoms with Gasteiger partial charge in [0.15, 0.2) is 0 Å². The van der Waals surface area contributed by atoms with E-state index in [1.165, 1.54) is 5.56 Å². The molecule has 28 heavy (non-hydrogen) atoms. The van der Waals surface area contributed by atoms with Gasteiger partial charge in [0.1, 0.15) is 6.33 Å². The Labute approximate surface area is 166 Å². The van der Waals surface area contributed by atoms with Crippen molar-refractivity contribution in [3.8, 4) is 0 Å². The maximum absolute atomic E-state index is 12.5. The number of rotatable bonds is 7. The van der Waals surface area contributed by atoms with Gasteiger partial charge in [-0.2, -0.15) is 0 Å². The Morgan fingerprint density at radius 1 is 1.11 bits per heavy atom. The Balaban J connectivity index is 1.22. The van der Waals surface area contributed by atoms with Crippen LogP contribution in [-0.4, -0.2) is 68.6 Å². The van der Waals surface area contributed by atoms with Crippen LogP contribution in [0.4, 0.5) is 0 Å². The molecule has 7 heteroatoms. The molecule has 2 saturated heterocycles. The average Bonchev–Trinajstić information content (AvgIpc) is 3.33. The number of carbonyl (C=O) groups excluding carboxylic acids is 1. The fourth-order valence-electron chi connectivity index (χ4n) is 4.35. The molecule has 1 aromatic heterocycles. The number of hydrogen-bond acceptors (Lipinski definition) is 5. The third kappa shape index (κ3) is 4.65. The van der Waals surface area contributed by atoms with E-state index in [1.807, 2.05) is 23.1 Å². The van der Waals surface area contributed by atoms with Gasteiger partial charge in [0.05, 0.1) is 0 Å². The molecule has 0 saturated carbocycles. The first-order valence-corrected chi connectivity index (χ1v) is 10.2. The van der Waals surface area contributed by atoms with Gasteiger partial charge in [-0.25, -0.2) is 4.68 Å². The van der Waals surface area contributed by atoms with Crippen LogP contribution >= 0.6 is 0 Å². The summed E-state index contributed by atoms with van der Waals surface area (Å²) >= 11 is 0. The van der Waals surface area contributed by atoms with Crippen molar-refractivity contribution in [3.63, 3.8) is 0 Å². The molecule has 0 radical (unpaired) electrons. The summed E-state index contributed by atoms with van der Waals surface area (Å²) in [6.45, 7) is 5.70. The van der Waals surface area contributed by atoms with Crippen LogP contribution in [-0.2, 0) is 11.3 Å². The van der Waals surface area contributed by atoms with Crippen LogP contribution in [0.3, 0.4) is 0 Å². The molecule has 3 heterocycles. The number of nitrogens with zero attached hydrogens (tertiary/aromatic N) is 6. The van der Waals surface area contributed by atoms with E-state index in [4.69, 9.17) is 0 Å². The van der Waals surface area contributed by atoms with E-state index in [0.717, 1.165) is 52.0 Å². The molecule has 7 nitrogen and oxygen atoms in total. The number of carbonyl (C=O) groups is 1. The summed E-state index contributed by atoms with van der Waals surface area (Å²) in [5.41, 5.74) is 1.36. The molecule has 1 spiro atoms. The van der Waals surface area contributed by atoms with E-state index in [-0.39, 0.29) is 5.41 Å². The number of likely N-dealkylation sites (tertiary alicyclic amines) is 2. The average molecular weight is 380 g/mol. The highest BCUT2D eigenvalue weighted by atomic mass is 16.2. The Kier molecular flexibility index (Phi) is 5.81. The lowest BCUT2D eigenvalue weighted by Crippen LogP contribution is -2.42. The summed E-state index contributed by atoms with van der Waals surface area (Å²) in [6.07, 6.45) is 9.87. The van der Waals surface area contributed by atoms with Crippen molar-refractivity contribution in [2.45, 2.75) is 32.2 Å². The minimum Gasteiger partial charge on any atom is -0.338 e. The van der Waals surface area contributed by atoms with Crippen LogP contribution < -0.4 is 0 Å². The first-order valence-electron chi connectivity index (χ1n) is 10.2. The molecule has 0 N–H and O–H groups in total. The zero-order valence-corrected chi connectivity index (χ0v) is 16.3. The Bertz CT molecular complexity index is 780. The minimum absolute atomic E-state index is 0.185. The predicted octanol–water partition coefficient (Wildman–Crippen LogP) is 2.09.